The van der Waals surface area contributed by atoms with Gasteiger partial charge in [0.15, 0.2) is 0 Å². The molecular formula is C36H48F6N2O6. The second-order valence-electron chi connectivity index (χ2n) is 13.2. The van der Waals surface area contributed by atoms with Gasteiger partial charge in [0.1, 0.15) is 13.2 Å². The summed E-state index contributed by atoms with van der Waals surface area (Å²) in [4.78, 5) is 23.6. The summed E-state index contributed by atoms with van der Waals surface area (Å²) in [6.45, 7) is -1.36. The summed E-state index contributed by atoms with van der Waals surface area (Å²) in [5.74, 6) is -3.45. The summed E-state index contributed by atoms with van der Waals surface area (Å²) >= 11 is 0. The SMILES string of the molecule is O=C(NC1CCC(C[C@H](CO)C(F)(F)F)CC1)OCc1ccccc1.O=C(NC1CCC(C[C@H](CO)C(F)(F)F)CC1)OCc1ccccc1. The average molecular weight is 719 g/mol. The number of alkyl halides is 6. The van der Waals surface area contributed by atoms with Gasteiger partial charge >= 0.3 is 24.5 Å². The third-order valence-electron chi connectivity index (χ3n) is 9.37. The van der Waals surface area contributed by atoms with E-state index in [4.69, 9.17) is 19.7 Å². The van der Waals surface area contributed by atoms with E-state index in [1.807, 2.05) is 60.7 Å². The first-order chi connectivity index (χ1) is 23.8. The Kier molecular flexibility index (Phi) is 16.7. The molecule has 2 aromatic carbocycles. The van der Waals surface area contributed by atoms with E-state index in [1.165, 1.54) is 0 Å². The summed E-state index contributed by atoms with van der Waals surface area (Å²) in [6.07, 6.45) is -4.89. The molecule has 2 aliphatic rings. The van der Waals surface area contributed by atoms with Crippen LogP contribution in [0.4, 0.5) is 35.9 Å². The van der Waals surface area contributed by atoms with Crippen molar-refractivity contribution in [2.75, 3.05) is 13.2 Å². The summed E-state index contributed by atoms with van der Waals surface area (Å²) in [5.41, 5.74) is 1.78. The first kappa shape index (κ1) is 40.9. The van der Waals surface area contributed by atoms with Gasteiger partial charge in [0.05, 0.1) is 25.0 Å². The Hall–Kier alpha value is -3.52. The van der Waals surface area contributed by atoms with E-state index in [0.29, 0.717) is 51.4 Å². The molecule has 0 unspecified atom stereocenters. The minimum Gasteiger partial charge on any atom is -0.445 e. The average Bonchev–Trinajstić information content (AvgIpc) is 3.09. The third-order valence-corrected chi connectivity index (χ3v) is 9.37. The van der Waals surface area contributed by atoms with Crippen LogP contribution in [0.3, 0.4) is 0 Å². The van der Waals surface area contributed by atoms with Gasteiger partial charge in [-0.1, -0.05) is 60.7 Å². The quantitative estimate of drug-likeness (QED) is 0.165. The van der Waals surface area contributed by atoms with Crippen LogP contribution in [0, 0.1) is 23.7 Å². The maximum atomic E-state index is 12.7. The van der Waals surface area contributed by atoms with Crippen molar-refractivity contribution in [2.24, 2.45) is 23.7 Å². The van der Waals surface area contributed by atoms with Crippen LogP contribution in [-0.4, -0.2) is 60.0 Å². The van der Waals surface area contributed by atoms with Gasteiger partial charge in [0.25, 0.3) is 0 Å². The minimum absolute atomic E-state index is 0.0504. The maximum absolute atomic E-state index is 12.7. The molecule has 4 rings (SSSR count). The smallest absolute Gasteiger partial charge is 0.407 e. The van der Waals surface area contributed by atoms with Crippen LogP contribution in [0.15, 0.2) is 60.7 Å². The van der Waals surface area contributed by atoms with E-state index >= 15 is 0 Å². The number of hydrogen-bond acceptors (Lipinski definition) is 6. The fraction of sp³-hybridized carbons (Fsp3) is 0.611. The Balaban J connectivity index is 0.000000270. The molecule has 280 valence electrons. The molecule has 0 spiro atoms. The normalized spacial score (nSPS) is 22.2. The van der Waals surface area contributed by atoms with Gasteiger partial charge in [0.2, 0.25) is 0 Å². The lowest BCUT2D eigenvalue weighted by atomic mass is 9.80. The lowest BCUT2D eigenvalue weighted by Crippen LogP contribution is -2.38. The molecule has 14 heteroatoms. The van der Waals surface area contributed by atoms with Gasteiger partial charge in [-0.2, -0.15) is 26.3 Å². The highest BCUT2D eigenvalue weighted by Gasteiger charge is 2.42. The van der Waals surface area contributed by atoms with Gasteiger partial charge in [-0.05, 0) is 87.2 Å². The number of benzene rings is 2. The zero-order chi connectivity index (χ0) is 36.6. The molecule has 0 bridgehead atoms. The van der Waals surface area contributed by atoms with Crippen LogP contribution in [0.1, 0.15) is 75.3 Å². The van der Waals surface area contributed by atoms with Gasteiger partial charge < -0.3 is 30.3 Å². The van der Waals surface area contributed by atoms with Gasteiger partial charge in [-0.25, -0.2) is 9.59 Å². The maximum Gasteiger partial charge on any atom is 0.407 e. The van der Waals surface area contributed by atoms with Gasteiger partial charge in [0, 0.05) is 12.1 Å². The molecule has 2 aromatic rings. The number of carbonyl (C=O) groups excluding carboxylic acids is 2. The van der Waals surface area contributed by atoms with Crippen LogP contribution in [0.5, 0.6) is 0 Å². The van der Waals surface area contributed by atoms with Crippen molar-refractivity contribution in [2.45, 2.75) is 102 Å². The van der Waals surface area contributed by atoms with Crippen molar-refractivity contribution < 1.29 is 55.6 Å². The number of aliphatic hydroxyl groups excluding tert-OH is 2. The van der Waals surface area contributed by atoms with E-state index in [0.717, 1.165) is 11.1 Å². The molecular weight excluding hydrogens is 670 g/mol. The molecule has 0 aromatic heterocycles. The number of carbonyl (C=O) groups is 2. The fourth-order valence-electron chi connectivity index (χ4n) is 6.38. The largest absolute Gasteiger partial charge is 0.445 e. The lowest BCUT2D eigenvalue weighted by molar-refractivity contribution is -0.189. The Morgan fingerprint density at radius 3 is 1.20 bits per heavy atom. The Labute approximate surface area is 288 Å². The van der Waals surface area contributed by atoms with Crippen molar-refractivity contribution >= 4 is 12.2 Å². The van der Waals surface area contributed by atoms with Crippen LogP contribution < -0.4 is 10.6 Å². The van der Waals surface area contributed by atoms with Crippen molar-refractivity contribution in [3.05, 3.63) is 71.8 Å². The number of halogens is 6. The molecule has 2 fully saturated rings. The van der Waals surface area contributed by atoms with Crippen molar-refractivity contribution in [3.63, 3.8) is 0 Å². The van der Waals surface area contributed by atoms with Crippen LogP contribution in [0.2, 0.25) is 0 Å². The number of ether oxygens (including phenoxy) is 2. The molecule has 2 amide bonds. The van der Waals surface area contributed by atoms with E-state index in [1.54, 1.807) is 0 Å². The number of rotatable bonds is 12. The molecule has 0 heterocycles. The predicted molar refractivity (Wildman–Crippen MR) is 174 cm³/mol. The molecule has 2 atom stereocenters. The highest BCUT2D eigenvalue weighted by Crippen LogP contribution is 2.37. The van der Waals surface area contributed by atoms with Crippen LogP contribution in [-0.2, 0) is 22.7 Å². The van der Waals surface area contributed by atoms with Crippen molar-refractivity contribution in [3.8, 4) is 0 Å². The molecule has 0 radical (unpaired) electrons. The summed E-state index contributed by atoms with van der Waals surface area (Å²) in [7, 11) is 0. The van der Waals surface area contributed by atoms with Crippen molar-refractivity contribution in [1.82, 2.24) is 10.6 Å². The number of amides is 2. The second kappa shape index (κ2) is 20.4. The minimum atomic E-state index is -4.36. The van der Waals surface area contributed by atoms with E-state index < -0.39 is 49.6 Å². The Bertz CT molecular complexity index is 1150. The van der Waals surface area contributed by atoms with E-state index in [9.17, 15) is 35.9 Å². The highest BCUT2D eigenvalue weighted by molar-refractivity contribution is 5.68. The van der Waals surface area contributed by atoms with Crippen molar-refractivity contribution in [1.29, 1.82) is 0 Å². The number of hydrogen-bond donors (Lipinski definition) is 4. The summed E-state index contributed by atoms with van der Waals surface area (Å²) in [6, 6.07) is 18.5. The predicted octanol–water partition coefficient (Wildman–Crippen LogP) is 8.07. The third kappa shape index (κ3) is 15.2. The molecule has 4 N–H and O–H groups in total. The zero-order valence-corrected chi connectivity index (χ0v) is 27.9. The van der Waals surface area contributed by atoms with Crippen LogP contribution >= 0.6 is 0 Å². The molecule has 2 saturated carbocycles. The summed E-state index contributed by atoms with van der Waals surface area (Å²) in [5, 5.41) is 23.4. The Morgan fingerprint density at radius 1 is 0.600 bits per heavy atom. The number of nitrogens with one attached hydrogen (secondary N) is 2. The van der Waals surface area contributed by atoms with Gasteiger partial charge in [-0.3, -0.25) is 0 Å². The molecule has 2 aliphatic carbocycles. The standard InChI is InChI=1S/2C18H24F3NO3/c2*19-18(20,21)15(11-23)10-13-6-8-16(9-7-13)22-17(24)25-12-14-4-2-1-3-5-14/h2*1-5,13,15-16,23H,6-12H2,(H,22,24)/t2*13?,15-,16?/m11/s1. The lowest BCUT2D eigenvalue weighted by Gasteiger charge is -2.31. The molecule has 0 aliphatic heterocycles. The second-order valence-corrected chi connectivity index (χ2v) is 13.2. The highest BCUT2D eigenvalue weighted by atomic mass is 19.4. The van der Waals surface area contributed by atoms with Gasteiger partial charge in [-0.15, -0.1) is 0 Å². The fourth-order valence-corrected chi connectivity index (χ4v) is 6.38. The first-order valence-electron chi connectivity index (χ1n) is 17.1. The van der Waals surface area contributed by atoms with Crippen LogP contribution in [0.25, 0.3) is 0 Å². The molecule has 50 heavy (non-hydrogen) atoms. The number of alkyl carbamates (subject to hydrolysis) is 2. The topological polar surface area (TPSA) is 117 Å². The van der Waals surface area contributed by atoms with E-state index in [-0.39, 0.29) is 50.0 Å². The first-order valence-corrected chi connectivity index (χ1v) is 17.1. The van der Waals surface area contributed by atoms with E-state index in [2.05, 4.69) is 10.6 Å². The molecule has 0 saturated heterocycles. The molecule has 8 nitrogen and oxygen atoms in total. The zero-order valence-electron chi connectivity index (χ0n) is 27.9. The number of aliphatic hydroxyl groups is 2. The monoisotopic (exact) mass is 718 g/mol. The summed E-state index contributed by atoms with van der Waals surface area (Å²) < 4.78 is 86.6. The Morgan fingerprint density at radius 2 is 0.920 bits per heavy atom.